The number of aryl methyl sites for hydroxylation is 1. The largest absolute Gasteiger partial charge is 0.508 e. The fourth-order valence-electron chi connectivity index (χ4n) is 4.47. The fraction of sp³-hybridized carbons (Fsp3) is 0.469. The number of nitrogens with one attached hydrogen (secondary N) is 4. The molecule has 4 amide bonds. The molecule has 0 aliphatic rings. The Kier molecular flexibility index (Phi) is 13.7. The normalized spacial score (nSPS) is 13.8. The van der Waals surface area contributed by atoms with Crippen LogP contribution in [0.2, 0.25) is 0 Å². The molecule has 1 unspecified atom stereocenters. The van der Waals surface area contributed by atoms with Crippen molar-refractivity contribution in [2.24, 2.45) is 5.92 Å². The van der Waals surface area contributed by atoms with Crippen LogP contribution in [-0.4, -0.2) is 58.7 Å². The minimum absolute atomic E-state index is 0.0646. The molecule has 0 radical (unpaired) electrons. The van der Waals surface area contributed by atoms with E-state index in [1.165, 1.54) is 26.0 Å². The number of Topliss-reactive ketones (excluding diaryl/α,β-unsaturated/α-hetero) is 1. The summed E-state index contributed by atoms with van der Waals surface area (Å²) in [5.41, 5.74) is 1.85. The first kappa shape index (κ1) is 34.0. The number of hydrogen-bond acceptors (Lipinski definition) is 6. The van der Waals surface area contributed by atoms with E-state index in [0.717, 1.165) is 12.0 Å². The molecule has 0 fully saturated rings. The molecular weight excluding hydrogens is 536 g/mol. The van der Waals surface area contributed by atoms with E-state index in [2.05, 4.69) is 21.3 Å². The minimum Gasteiger partial charge on any atom is -0.508 e. The summed E-state index contributed by atoms with van der Waals surface area (Å²) in [6.45, 7) is 8.14. The smallest absolute Gasteiger partial charge is 0.243 e. The maximum atomic E-state index is 13.2. The standard InChI is InChI=1S/C32H44N4O6/c1-6-26(28(39)14-10-13-23-11-8-7-9-12-23)35-30(40)21(4)33-32(42)29(20(2)3)36-31(41)27(34-22(5)37)19-24-15-17-25(38)18-16-24/h7-9,11-12,15-18,20-21,26-27,29,38H,6,10,13-14,19H2,1-5H3,(H,33,42)(H,34,37)(H,35,40)(H,36,41)/t21-,26?,27-,29-/m0/s1. The molecule has 4 atom stereocenters. The minimum atomic E-state index is -0.981. The summed E-state index contributed by atoms with van der Waals surface area (Å²) >= 11 is 0. The Labute approximate surface area is 248 Å². The van der Waals surface area contributed by atoms with Crippen molar-refractivity contribution < 1.29 is 29.1 Å². The molecule has 10 nitrogen and oxygen atoms in total. The number of carbonyl (C=O) groups excluding carboxylic acids is 5. The number of aromatic hydroxyl groups is 1. The summed E-state index contributed by atoms with van der Waals surface area (Å²) in [6.07, 6.45) is 2.34. The molecule has 0 heterocycles. The van der Waals surface area contributed by atoms with E-state index in [1.54, 1.807) is 26.0 Å². The Bertz CT molecular complexity index is 1200. The van der Waals surface area contributed by atoms with Crippen LogP contribution >= 0.6 is 0 Å². The molecule has 10 heteroatoms. The topological polar surface area (TPSA) is 154 Å². The van der Waals surface area contributed by atoms with Gasteiger partial charge in [-0.15, -0.1) is 0 Å². The molecule has 0 bridgehead atoms. The number of hydrogen-bond donors (Lipinski definition) is 5. The zero-order valence-corrected chi connectivity index (χ0v) is 25.1. The van der Waals surface area contributed by atoms with Gasteiger partial charge in [-0.05, 0) is 55.4 Å². The Morgan fingerprint density at radius 3 is 1.95 bits per heavy atom. The third-order valence-corrected chi connectivity index (χ3v) is 6.91. The zero-order chi connectivity index (χ0) is 31.2. The van der Waals surface area contributed by atoms with Gasteiger partial charge in [-0.25, -0.2) is 0 Å². The molecule has 0 saturated carbocycles. The van der Waals surface area contributed by atoms with E-state index >= 15 is 0 Å². The van der Waals surface area contributed by atoms with Crippen LogP contribution in [0.15, 0.2) is 54.6 Å². The van der Waals surface area contributed by atoms with Crippen LogP contribution in [0, 0.1) is 5.92 Å². The Morgan fingerprint density at radius 1 is 0.738 bits per heavy atom. The van der Waals surface area contributed by atoms with Crippen molar-refractivity contribution in [2.45, 2.75) is 90.9 Å². The first-order chi connectivity index (χ1) is 19.9. The van der Waals surface area contributed by atoms with E-state index in [1.807, 2.05) is 37.3 Å². The van der Waals surface area contributed by atoms with Crippen LogP contribution < -0.4 is 21.3 Å². The van der Waals surface area contributed by atoms with Gasteiger partial charge in [-0.2, -0.15) is 0 Å². The lowest BCUT2D eigenvalue weighted by molar-refractivity contribution is -0.134. The Balaban J connectivity index is 1.96. The highest BCUT2D eigenvalue weighted by Crippen LogP contribution is 2.13. The number of carbonyl (C=O) groups is 5. The van der Waals surface area contributed by atoms with Crippen molar-refractivity contribution in [3.63, 3.8) is 0 Å². The highest BCUT2D eigenvalue weighted by atomic mass is 16.3. The first-order valence-electron chi connectivity index (χ1n) is 14.4. The number of phenolic OH excluding ortho intramolecular Hbond substituents is 1. The lowest BCUT2D eigenvalue weighted by atomic mass is 10.00. The van der Waals surface area contributed by atoms with Gasteiger partial charge in [0.25, 0.3) is 0 Å². The highest BCUT2D eigenvalue weighted by molar-refractivity contribution is 5.95. The van der Waals surface area contributed by atoms with Gasteiger partial charge in [0.2, 0.25) is 23.6 Å². The second-order valence-corrected chi connectivity index (χ2v) is 10.9. The van der Waals surface area contributed by atoms with Crippen molar-refractivity contribution >= 4 is 29.4 Å². The van der Waals surface area contributed by atoms with E-state index in [4.69, 9.17) is 0 Å². The van der Waals surface area contributed by atoms with Gasteiger partial charge in [0.05, 0.1) is 6.04 Å². The molecule has 2 aromatic carbocycles. The molecular formula is C32H44N4O6. The maximum absolute atomic E-state index is 13.2. The SMILES string of the molecule is CCC(NC(=O)[C@H](C)NC(=O)[C@@H](NC(=O)[C@H](Cc1ccc(O)cc1)NC(C)=O)C(C)C)C(=O)CCCc1ccccc1. The Morgan fingerprint density at radius 2 is 1.38 bits per heavy atom. The predicted octanol–water partition coefficient (Wildman–Crippen LogP) is 2.57. The van der Waals surface area contributed by atoms with Crippen LogP contribution in [0.4, 0.5) is 0 Å². The quantitative estimate of drug-likeness (QED) is 0.206. The van der Waals surface area contributed by atoms with Gasteiger partial charge in [-0.1, -0.05) is 63.2 Å². The molecule has 42 heavy (non-hydrogen) atoms. The first-order valence-corrected chi connectivity index (χ1v) is 14.4. The molecule has 228 valence electrons. The van der Waals surface area contributed by atoms with Crippen LogP contribution in [-0.2, 0) is 36.8 Å². The van der Waals surface area contributed by atoms with E-state index in [9.17, 15) is 29.1 Å². The van der Waals surface area contributed by atoms with Crippen LogP contribution in [0.1, 0.15) is 65.0 Å². The van der Waals surface area contributed by atoms with E-state index in [-0.39, 0.29) is 23.9 Å². The number of phenols is 1. The third kappa shape index (κ3) is 11.3. The van der Waals surface area contributed by atoms with Crippen LogP contribution in [0.3, 0.4) is 0 Å². The number of amides is 4. The predicted molar refractivity (Wildman–Crippen MR) is 160 cm³/mol. The summed E-state index contributed by atoms with van der Waals surface area (Å²) in [4.78, 5) is 63.7. The fourth-order valence-corrected chi connectivity index (χ4v) is 4.47. The average molecular weight is 581 g/mol. The zero-order valence-electron chi connectivity index (χ0n) is 25.1. The summed E-state index contributed by atoms with van der Waals surface area (Å²) in [6, 6.07) is 12.6. The van der Waals surface area contributed by atoms with Gasteiger partial charge in [-0.3, -0.25) is 24.0 Å². The molecule has 0 spiro atoms. The number of ketones is 1. The average Bonchev–Trinajstić information content (AvgIpc) is 2.95. The van der Waals surface area contributed by atoms with Gasteiger partial charge >= 0.3 is 0 Å². The summed E-state index contributed by atoms with van der Waals surface area (Å²) in [5.74, 6) is -2.35. The van der Waals surface area contributed by atoms with E-state index < -0.39 is 47.8 Å². The second-order valence-electron chi connectivity index (χ2n) is 10.9. The molecule has 0 aromatic heterocycles. The van der Waals surface area contributed by atoms with Crippen molar-refractivity contribution in [2.75, 3.05) is 0 Å². The molecule has 0 saturated heterocycles. The van der Waals surface area contributed by atoms with Crippen LogP contribution in [0.5, 0.6) is 5.75 Å². The van der Waals surface area contributed by atoms with Crippen molar-refractivity contribution in [1.82, 2.24) is 21.3 Å². The maximum Gasteiger partial charge on any atom is 0.243 e. The van der Waals surface area contributed by atoms with Crippen molar-refractivity contribution in [3.8, 4) is 5.75 Å². The monoisotopic (exact) mass is 580 g/mol. The van der Waals surface area contributed by atoms with Gasteiger partial charge < -0.3 is 26.4 Å². The molecule has 2 rings (SSSR count). The molecule has 2 aromatic rings. The van der Waals surface area contributed by atoms with Crippen molar-refractivity contribution in [1.29, 1.82) is 0 Å². The second kappa shape index (κ2) is 16.9. The third-order valence-electron chi connectivity index (χ3n) is 6.91. The number of benzene rings is 2. The lowest BCUT2D eigenvalue weighted by Gasteiger charge is -2.27. The summed E-state index contributed by atoms with van der Waals surface area (Å²) < 4.78 is 0. The molecule has 5 N–H and O–H groups in total. The summed E-state index contributed by atoms with van der Waals surface area (Å²) in [7, 11) is 0. The molecule has 0 aliphatic carbocycles. The summed E-state index contributed by atoms with van der Waals surface area (Å²) in [5, 5.41) is 20.2. The molecule has 0 aliphatic heterocycles. The van der Waals surface area contributed by atoms with Crippen molar-refractivity contribution in [3.05, 3.63) is 65.7 Å². The lowest BCUT2D eigenvalue weighted by Crippen LogP contribution is -2.58. The van der Waals surface area contributed by atoms with Gasteiger partial charge in [0.1, 0.15) is 23.9 Å². The van der Waals surface area contributed by atoms with Gasteiger partial charge in [0.15, 0.2) is 5.78 Å². The highest BCUT2D eigenvalue weighted by Gasteiger charge is 2.31. The Hall–Kier alpha value is -4.21. The van der Waals surface area contributed by atoms with Gasteiger partial charge in [0, 0.05) is 19.8 Å². The van der Waals surface area contributed by atoms with Crippen LogP contribution in [0.25, 0.3) is 0 Å². The van der Waals surface area contributed by atoms with E-state index in [0.29, 0.717) is 24.8 Å². The number of rotatable bonds is 16.